The summed E-state index contributed by atoms with van der Waals surface area (Å²) >= 11 is 0. The number of quaternary nitrogens is 1. The Balaban J connectivity index is 4.14. The third kappa shape index (κ3) is 40.7. The Hall–Kier alpha value is -0.500. The summed E-state index contributed by atoms with van der Waals surface area (Å²) in [5.74, 6) is -0.330. The summed E-state index contributed by atoms with van der Waals surface area (Å²) in [6, 6.07) is 0. The van der Waals surface area contributed by atoms with Crippen molar-refractivity contribution in [2.45, 2.75) is 219 Å². The highest BCUT2D eigenvalue weighted by molar-refractivity contribution is 7.45. The van der Waals surface area contributed by atoms with Crippen molar-refractivity contribution < 1.29 is 37.3 Å². The van der Waals surface area contributed by atoms with E-state index in [4.69, 9.17) is 18.5 Å². The second kappa shape index (κ2) is 37.4. The molecule has 0 heterocycles. The Labute approximate surface area is 323 Å². The topological polar surface area (TPSA) is 94.1 Å². The zero-order chi connectivity index (χ0) is 38.4. The minimum Gasteiger partial charge on any atom is -0.756 e. The maximum Gasteiger partial charge on any atom is 0.306 e. The summed E-state index contributed by atoms with van der Waals surface area (Å²) in [6.07, 6.45) is 38.2. The first-order valence-electron chi connectivity index (χ1n) is 22.3. The first-order chi connectivity index (χ1) is 25.1. The first-order valence-corrected chi connectivity index (χ1v) is 23.7. The van der Waals surface area contributed by atoms with Crippen molar-refractivity contribution in [3.63, 3.8) is 0 Å². The Morgan fingerprint density at radius 1 is 0.519 bits per heavy atom. The highest BCUT2D eigenvalue weighted by Gasteiger charge is 2.20. The number of carbonyl (C=O) groups is 1. The van der Waals surface area contributed by atoms with Gasteiger partial charge in [0.2, 0.25) is 0 Å². The van der Waals surface area contributed by atoms with Crippen LogP contribution < -0.4 is 4.89 Å². The van der Waals surface area contributed by atoms with E-state index in [0.717, 1.165) is 32.1 Å². The summed E-state index contributed by atoms with van der Waals surface area (Å²) in [5, 5.41) is 0. The minimum atomic E-state index is -4.51. The van der Waals surface area contributed by atoms with E-state index < -0.39 is 13.9 Å². The maximum atomic E-state index is 12.6. The number of hydrogen-bond acceptors (Lipinski definition) is 7. The van der Waals surface area contributed by atoms with E-state index in [-0.39, 0.29) is 25.8 Å². The Bertz CT molecular complexity index is 807. The van der Waals surface area contributed by atoms with Gasteiger partial charge in [-0.1, -0.05) is 194 Å². The fraction of sp³-hybridized carbons (Fsp3) is 0.977. The third-order valence-electron chi connectivity index (χ3n) is 9.91. The number of carbonyl (C=O) groups excluding carboxylic acids is 1. The molecule has 0 fully saturated rings. The molecule has 0 radical (unpaired) electrons. The first kappa shape index (κ1) is 51.5. The molecule has 0 N–H and O–H groups in total. The van der Waals surface area contributed by atoms with Gasteiger partial charge in [0.15, 0.2) is 0 Å². The van der Waals surface area contributed by atoms with Crippen LogP contribution >= 0.6 is 7.82 Å². The molecule has 8 nitrogen and oxygen atoms in total. The second-order valence-electron chi connectivity index (χ2n) is 16.4. The molecule has 52 heavy (non-hydrogen) atoms. The molecule has 0 spiro atoms. The van der Waals surface area contributed by atoms with Crippen LogP contribution in [0.4, 0.5) is 0 Å². The average molecular weight is 762 g/mol. The molecule has 0 aromatic heterocycles. The minimum absolute atomic E-state index is 0.0313. The van der Waals surface area contributed by atoms with Gasteiger partial charge in [0.1, 0.15) is 19.3 Å². The molecule has 312 valence electrons. The van der Waals surface area contributed by atoms with Gasteiger partial charge in [0.25, 0.3) is 7.82 Å². The number of esters is 1. The van der Waals surface area contributed by atoms with E-state index in [1.807, 2.05) is 21.1 Å². The highest BCUT2D eigenvalue weighted by Crippen LogP contribution is 2.38. The molecule has 0 amide bonds. The van der Waals surface area contributed by atoms with Crippen LogP contribution in [0.15, 0.2) is 0 Å². The molecule has 0 saturated carbocycles. The number of likely N-dealkylation sites (N-methyl/N-ethyl adjacent to an activating group) is 1. The maximum absolute atomic E-state index is 12.6. The van der Waals surface area contributed by atoms with Gasteiger partial charge in [0.05, 0.1) is 34.4 Å². The lowest BCUT2D eigenvalue weighted by molar-refractivity contribution is -0.870. The van der Waals surface area contributed by atoms with Crippen molar-refractivity contribution in [1.29, 1.82) is 0 Å². The van der Waals surface area contributed by atoms with Crippen LogP contribution in [-0.4, -0.2) is 70.7 Å². The van der Waals surface area contributed by atoms with Crippen molar-refractivity contribution in [1.82, 2.24) is 0 Å². The van der Waals surface area contributed by atoms with E-state index in [9.17, 15) is 14.3 Å². The number of unbranched alkanes of at least 4 members (excludes halogenated alkanes) is 28. The van der Waals surface area contributed by atoms with Crippen molar-refractivity contribution in [3.8, 4) is 0 Å². The molecule has 0 aliphatic heterocycles. The second-order valence-corrected chi connectivity index (χ2v) is 17.8. The van der Waals surface area contributed by atoms with E-state index in [1.54, 1.807) is 0 Å². The predicted molar refractivity (Wildman–Crippen MR) is 218 cm³/mol. The van der Waals surface area contributed by atoms with Crippen molar-refractivity contribution >= 4 is 13.8 Å². The van der Waals surface area contributed by atoms with Gasteiger partial charge in [-0.25, -0.2) is 0 Å². The van der Waals surface area contributed by atoms with Gasteiger partial charge in [-0.05, 0) is 12.8 Å². The zero-order valence-electron chi connectivity index (χ0n) is 35.3. The molecule has 2 atom stereocenters. The molecule has 0 saturated heterocycles. The van der Waals surface area contributed by atoms with Gasteiger partial charge in [-0.3, -0.25) is 9.36 Å². The lowest BCUT2D eigenvalue weighted by atomic mass is 10.0. The predicted octanol–water partition coefficient (Wildman–Crippen LogP) is 12.3. The van der Waals surface area contributed by atoms with Gasteiger partial charge in [-0.15, -0.1) is 0 Å². The zero-order valence-corrected chi connectivity index (χ0v) is 36.2. The van der Waals surface area contributed by atoms with Gasteiger partial charge in [-0.2, -0.15) is 0 Å². The fourth-order valence-corrected chi connectivity index (χ4v) is 7.16. The van der Waals surface area contributed by atoms with Crippen LogP contribution in [0.3, 0.4) is 0 Å². The van der Waals surface area contributed by atoms with Crippen molar-refractivity contribution in [2.75, 3.05) is 54.1 Å². The lowest BCUT2D eigenvalue weighted by Crippen LogP contribution is -2.37. The van der Waals surface area contributed by atoms with Gasteiger partial charge < -0.3 is 27.9 Å². The summed E-state index contributed by atoms with van der Waals surface area (Å²) in [6.45, 7) is 5.46. The van der Waals surface area contributed by atoms with E-state index >= 15 is 0 Å². The molecule has 0 aromatic carbocycles. The van der Waals surface area contributed by atoms with E-state index in [2.05, 4.69) is 13.8 Å². The monoisotopic (exact) mass is 762 g/mol. The third-order valence-corrected chi connectivity index (χ3v) is 10.9. The molecule has 0 aliphatic carbocycles. The fourth-order valence-electron chi connectivity index (χ4n) is 6.43. The van der Waals surface area contributed by atoms with E-state index in [0.29, 0.717) is 24.1 Å². The smallest absolute Gasteiger partial charge is 0.306 e. The summed E-state index contributed by atoms with van der Waals surface area (Å²) in [4.78, 5) is 25.0. The molecular formula is C43H88NO7P. The number of rotatable bonds is 42. The van der Waals surface area contributed by atoms with Gasteiger partial charge >= 0.3 is 5.97 Å². The largest absolute Gasteiger partial charge is 0.756 e. The number of hydrogen-bond donors (Lipinski definition) is 0. The number of nitrogens with zero attached hydrogens (tertiary/aromatic N) is 1. The Morgan fingerprint density at radius 3 is 1.27 bits per heavy atom. The van der Waals surface area contributed by atoms with Crippen molar-refractivity contribution in [2.24, 2.45) is 0 Å². The summed E-state index contributed by atoms with van der Waals surface area (Å²) < 4.78 is 34.6. The van der Waals surface area contributed by atoms with Crippen LogP contribution in [0.25, 0.3) is 0 Å². The quantitative estimate of drug-likeness (QED) is 0.0264. The molecular weight excluding hydrogens is 673 g/mol. The Morgan fingerprint density at radius 2 is 0.885 bits per heavy atom. The van der Waals surface area contributed by atoms with Crippen molar-refractivity contribution in [3.05, 3.63) is 0 Å². The molecule has 0 rings (SSSR count). The number of phosphoric acid groups is 1. The van der Waals surface area contributed by atoms with Gasteiger partial charge in [0, 0.05) is 13.0 Å². The number of ether oxygens (including phenoxy) is 2. The van der Waals surface area contributed by atoms with Crippen LogP contribution in [0.2, 0.25) is 0 Å². The lowest BCUT2D eigenvalue weighted by Gasteiger charge is -2.28. The summed E-state index contributed by atoms with van der Waals surface area (Å²) in [5.41, 5.74) is 0. The molecule has 0 aliphatic rings. The molecule has 9 heteroatoms. The van der Waals surface area contributed by atoms with Crippen LogP contribution in [0.1, 0.15) is 213 Å². The average Bonchev–Trinajstić information content (AvgIpc) is 3.09. The Kier molecular flexibility index (Phi) is 37.1. The normalized spacial score (nSPS) is 13.7. The molecule has 0 bridgehead atoms. The van der Waals surface area contributed by atoms with Crippen LogP contribution in [-0.2, 0) is 27.9 Å². The van der Waals surface area contributed by atoms with Crippen LogP contribution in [0.5, 0.6) is 0 Å². The van der Waals surface area contributed by atoms with E-state index in [1.165, 1.54) is 161 Å². The van der Waals surface area contributed by atoms with Crippen LogP contribution in [0, 0.1) is 0 Å². The number of phosphoric ester groups is 1. The highest BCUT2D eigenvalue weighted by atomic mass is 31.2. The molecule has 0 aromatic rings. The SMILES string of the molecule is CCCCCCCCCCCCCCCCCCCCOC[C@H](COP(=O)([O-])OCC[N+](C)(C)C)OC(=O)CCCCCCCCCCCCCC. The standard InChI is InChI=1S/C43H88NO7P/c1-6-8-10-12-14-16-18-20-21-22-23-24-25-27-29-31-33-35-38-48-40-42(41-50-52(46,47)49-39-37-44(3,4)5)51-43(45)36-34-32-30-28-26-19-17-15-13-11-9-7-2/h42H,6-41H2,1-5H3/t42-/m1/s1. The molecule has 1 unspecified atom stereocenters. The summed E-state index contributed by atoms with van der Waals surface area (Å²) in [7, 11) is 1.37.